The van der Waals surface area contributed by atoms with Crippen LogP contribution in [0.2, 0.25) is 0 Å². The number of halogens is 3. The fraction of sp³-hybridized carbons (Fsp3) is 0.947. The summed E-state index contributed by atoms with van der Waals surface area (Å²) in [4.78, 5) is 8.22. The number of piperidine rings is 1. The number of hydrogen-bond donors (Lipinski definition) is 2. The van der Waals surface area contributed by atoms with Crippen LogP contribution in [0.25, 0.3) is 0 Å². The molecule has 9 heteroatoms. The van der Waals surface area contributed by atoms with Gasteiger partial charge in [-0.2, -0.15) is 13.2 Å². The predicted molar refractivity (Wildman–Crippen MR) is 106 cm³/mol. The molecule has 2 aliphatic rings. The maximum absolute atomic E-state index is 12.5. The van der Waals surface area contributed by atoms with Crippen LogP contribution in [0.1, 0.15) is 33.1 Å². The second-order valence-corrected chi connectivity index (χ2v) is 8.39. The van der Waals surface area contributed by atoms with Crippen molar-refractivity contribution in [1.82, 2.24) is 20.4 Å². The Morgan fingerprint density at radius 3 is 2.29 bits per heavy atom. The van der Waals surface area contributed by atoms with Gasteiger partial charge < -0.3 is 15.4 Å². The van der Waals surface area contributed by atoms with Crippen LogP contribution in [0.5, 0.6) is 0 Å². The Labute approximate surface area is 166 Å². The van der Waals surface area contributed by atoms with E-state index >= 15 is 0 Å². The number of morpholine rings is 1. The molecular formula is C19H36F3N5O. The normalized spacial score (nSPS) is 21.7. The molecule has 2 N–H and O–H groups in total. The average molecular weight is 408 g/mol. The minimum Gasteiger partial charge on any atom is -0.379 e. The highest BCUT2D eigenvalue weighted by Crippen LogP contribution is 2.24. The van der Waals surface area contributed by atoms with Crippen LogP contribution >= 0.6 is 0 Å². The lowest BCUT2D eigenvalue weighted by Crippen LogP contribution is -2.56. The summed E-state index contributed by atoms with van der Waals surface area (Å²) in [5.41, 5.74) is 0.00666. The van der Waals surface area contributed by atoms with Crippen LogP contribution in [0.15, 0.2) is 4.99 Å². The molecule has 0 spiro atoms. The third-order valence-corrected chi connectivity index (χ3v) is 5.73. The fourth-order valence-corrected chi connectivity index (χ4v) is 3.88. The number of guanidine groups is 1. The highest BCUT2D eigenvalue weighted by atomic mass is 19.4. The summed E-state index contributed by atoms with van der Waals surface area (Å²) >= 11 is 0. The van der Waals surface area contributed by atoms with Crippen molar-refractivity contribution >= 4 is 5.96 Å². The Balaban J connectivity index is 1.63. The van der Waals surface area contributed by atoms with Gasteiger partial charge in [0.05, 0.1) is 19.8 Å². The van der Waals surface area contributed by atoms with Crippen molar-refractivity contribution in [2.75, 3.05) is 66.1 Å². The third-order valence-electron chi connectivity index (χ3n) is 5.73. The van der Waals surface area contributed by atoms with E-state index in [0.29, 0.717) is 19.0 Å². The van der Waals surface area contributed by atoms with E-state index in [1.807, 2.05) is 0 Å². The molecular weight excluding hydrogens is 371 g/mol. The van der Waals surface area contributed by atoms with Crippen LogP contribution in [-0.4, -0.2) is 93.5 Å². The third kappa shape index (κ3) is 8.13. The van der Waals surface area contributed by atoms with Gasteiger partial charge in [-0.1, -0.05) is 0 Å². The number of likely N-dealkylation sites (tertiary alicyclic amines) is 1. The molecule has 0 saturated carbocycles. The number of alkyl halides is 3. The summed E-state index contributed by atoms with van der Waals surface area (Å²) in [6, 6.07) is 0. The van der Waals surface area contributed by atoms with E-state index < -0.39 is 12.7 Å². The highest BCUT2D eigenvalue weighted by molar-refractivity contribution is 5.79. The summed E-state index contributed by atoms with van der Waals surface area (Å²) in [7, 11) is 1.76. The molecule has 0 amide bonds. The Bertz CT molecular complexity index is 484. The Morgan fingerprint density at radius 1 is 1.07 bits per heavy atom. The first kappa shape index (κ1) is 23.2. The molecule has 0 atom stereocenters. The second-order valence-electron chi connectivity index (χ2n) is 8.39. The van der Waals surface area contributed by atoms with Gasteiger partial charge in [-0.25, -0.2) is 0 Å². The van der Waals surface area contributed by atoms with Gasteiger partial charge in [0, 0.05) is 38.8 Å². The SMILES string of the molecule is CN=C(NCCC1CCN(CC(F)(F)F)CC1)NCC(C)(C)N1CCOCC1. The number of nitrogens with one attached hydrogen (secondary N) is 2. The van der Waals surface area contributed by atoms with Gasteiger partial charge in [-0.15, -0.1) is 0 Å². The van der Waals surface area contributed by atoms with Crippen molar-refractivity contribution < 1.29 is 17.9 Å². The first-order valence-electron chi connectivity index (χ1n) is 10.3. The molecule has 2 fully saturated rings. The molecule has 164 valence electrons. The van der Waals surface area contributed by atoms with Gasteiger partial charge in [-0.05, 0) is 52.1 Å². The van der Waals surface area contributed by atoms with Crippen molar-refractivity contribution in [2.24, 2.45) is 10.9 Å². The molecule has 0 radical (unpaired) electrons. The molecule has 0 aromatic heterocycles. The minimum atomic E-state index is -4.10. The fourth-order valence-electron chi connectivity index (χ4n) is 3.88. The molecule has 0 aliphatic carbocycles. The van der Waals surface area contributed by atoms with Gasteiger partial charge >= 0.3 is 6.18 Å². The van der Waals surface area contributed by atoms with Gasteiger partial charge in [0.2, 0.25) is 0 Å². The zero-order valence-electron chi connectivity index (χ0n) is 17.4. The van der Waals surface area contributed by atoms with E-state index in [4.69, 9.17) is 4.74 Å². The zero-order chi connectivity index (χ0) is 20.6. The molecule has 2 aliphatic heterocycles. The smallest absolute Gasteiger partial charge is 0.379 e. The Hall–Kier alpha value is -1.06. The summed E-state index contributed by atoms with van der Waals surface area (Å²) < 4.78 is 42.8. The maximum atomic E-state index is 12.5. The molecule has 6 nitrogen and oxygen atoms in total. The van der Waals surface area contributed by atoms with Crippen LogP contribution in [0.4, 0.5) is 13.2 Å². The molecule has 0 bridgehead atoms. The minimum absolute atomic E-state index is 0.00666. The van der Waals surface area contributed by atoms with E-state index in [-0.39, 0.29) is 5.54 Å². The summed E-state index contributed by atoms with van der Waals surface area (Å²) in [6.45, 7) is 9.70. The van der Waals surface area contributed by atoms with Crippen LogP contribution in [-0.2, 0) is 4.74 Å². The number of ether oxygens (including phenoxy) is 1. The largest absolute Gasteiger partial charge is 0.401 e. The van der Waals surface area contributed by atoms with Crippen molar-refractivity contribution in [3.63, 3.8) is 0 Å². The van der Waals surface area contributed by atoms with E-state index in [1.54, 1.807) is 7.05 Å². The topological polar surface area (TPSA) is 52.1 Å². The summed E-state index contributed by atoms with van der Waals surface area (Å²) in [6.07, 6.45) is -1.49. The number of aliphatic imine (C=N–C) groups is 1. The molecule has 0 aromatic rings. The first-order valence-corrected chi connectivity index (χ1v) is 10.3. The lowest BCUT2D eigenvalue weighted by Gasteiger charge is -2.41. The first-order chi connectivity index (χ1) is 13.2. The molecule has 0 unspecified atom stereocenters. The van der Waals surface area contributed by atoms with Crippen molar-refractivity contribution in [3.8, 4) is 0 Å². The van der Waals surface area contributed by atoms with E-state index in [2.05, 4.69) is 34.4 Å². The molecule has 0 aromatic carbocycles. The van der Waals surface area contributed by atoms with E-state index in [9.17, 15) is 13.2 Å². The quantitative estimate of drug-likeness (QED) is 0.499. The second kappa shape index (κ2) is 10.6. The lowest BCUT2D eigenvalue weighted by molar-refractivity contribution is -0.148. The number of rotatable bonds is 7. The number of nitrogens with zero attached hydrogens (tertiary/aromatic N) is 3. The van der Waals surface area contributed by atoms with Crippen molar-refractivity contribution in [2.45, 2.75) is 44.8 Å². The van der Waals surface area contributed by atoms with Crippen molar-refractivity contribution in [1.29, 1.82) is 0 Å². The van der Waals surface area contributed by atoms with Gasteiger partial charge in [0.1, 0.15) is 0 Å². The van der Waals surface area contributed by atoms with Crippen LogP contribution in [0, 0.1) is 5.92 Å². The van der Waals surface area contributed by atoms with E-state index in [0.717, 1.165) is 64.6 Å². The van der Waals surface area contributed by atoms with Crippen LogP contribution < -0.4 is 10.6 Å². The molecule has 2 heterocycles. The Morgan fingerprint density at radius 2 is 1.71 bits per heavy atom. The highest BCUT2D eigenvalue weighted by Gasteiger charge is 2.32. The van der Waals surface area contributed by atoms with Gasteiger partial charge in [0.15, 0.2) is 5.96 Å². The predicted octanol–water partition coefficient (Wildman–Crippen LogP) is 1.93. The van der Waals surface area contributed by atoms with Crippen molar-refractivity contribution in [3.05, 3.63) is 0 Å². The molecule has 28 heavy (non-hydrogen) atoms. The molecule has 2 rings (SSSR count). The number of hydrogen-bond acceptors (Lipinski definition) is 4. The monoisotopic (exact) mass is 407 g/mol. The molecule has 2 saturated heterocycles. The van der Waals surface area contributed by atoms with E-state index in [1.165, 1.54) is 4.90 Å². The standard InChI is InChI=1S/C19H36F3N5O/c1-18(2,27-10-12-28-13-11-27)14-25-17(23-3)24-7-4-16-5-8-26(9-6-16)15-19(20,21)22/h16H,4-15H2,1-3H3,(H2,23,24,25). The van der Waals surface area contributed by atoms with Crippen LogP contribution in [0.3, 0.4) is 0 Å². The maximum Gasteiger partial charge on any atom is 0.401 e. The Kier molecular flexibility index (Phi) is 8.82. The lowest BCUT2D eigenvalue weighted by atomic mass is 9.93. The van der Waals surface area contributed by atoms with Gasteiger partial charge in [0.25, 0.3) is 0 Å². The zero-order valence-corrected chi connectivity index (χ0v) is 17.4. The average Bonchev–Trinajstić information content (AvgIpc) is 2.65. The van der Waals surface area contributed by atoms with Gasteiger partial charge in [-0.3, -0.25) is 14.8 Å². The summed E-state index contributed by atoms with van der Waals surface area (Å²) in [5, 5.41) is 6.74. The summed E-state index contributed by atoms with van der Waals surface area (Å²) in [5.74, 6) is 1.25.